The van der Waals surface area contributed by atoms with Gasteiger partial charge in [0, 0.05) is 5.75 Å². The number of hydrogen-bond acceptors (Lipinski definition) is 7. The highest BCUT2D eigenvalue weighted by molar-refractivity contribution is 8.01. The van der Waals surface area contributed by atoms with E-state index in [1.165, 1.54) is 23.1 Å². The highest BCUT2D eigenvalue weighted by atomic mass is 32.2. The summed E-state index contributed by atoms with van der Waals surface area (Å²) >= 11 is 6.98. The molecule has 0 amide bonds. The zero-order chi connectivity index (χ0) is 12.8. The zero-order valence-corrected chi connectivity index (χ0v) is 11.8. The molecule has 0 aliphatic rings. The van der Waals surface area contributed by atoms with Crippen molar-refractivity contribution in [3.63, 3.8) is 0 Å². The molecule has 0 radical (unpaired) electrons. The molecule has 0 atom stereocenters. The number of hydrogen-bond donors (Lipinski definition) is 1. The molecule has 4 nitrogen and oxygen atoms in total. The summed E-state index contributed by atoms with van der Waals surface area (Å²) in [6.07, 6.45) is 0. The van der Waals surface area contributed by atoms with Crippen LogP contribution < -0.4 is 0 Å². The van der Waals surface area contributed by atoms with Gasteiger partial charge in [-0.3, -0.25) is 0 Å². The largest absolute Gasteiger partial charge is 0.461 e. The molecule has 2 aromatic rings. The predicted molar refractivity (Wildman–Crippen MR) is 74.6 cm³/mol. The highest BCUT2D eigenvalue weighted by Gasteiger charge is 2.06. The summed E-state index contributed by atoms with van der Waals surface area (Å²) < 4.78 is 6.60. The maximum atomic E-state index is 11.6. The Morgan fingerprint density at radius 1 is 1.33 bits per heavy atom. The fourth-order valence-corrected chi connectivity index (χ4v) is 3.15. The van der Waals surface area contributed by atoms with Gasteiger partial charge in [0.15, 0.2) is 8.68 Å². The highest BCUT2D eigenvalue weighted by Crippen LogP contribution is 2.23. The molecular weight excluding hydrogens is 288 g/mol. The number of aromatic nitrogens is 2. The maximum absolute atomic E-state index is 11.6. The Kier molecular flexibility index (Phi) is 5.03. The van der Waals surface area contributed by atoms with Crippen LogP contribution in [0.3, 0.4) is 0 Å². The van der Waals surface area contributed by atoms with E-state index in [0.717, 1.165) is 4.34 Å². The molecule has 1 heterocycles. The summed E-state index contributed by atoms with van der Waals surface area (Å²) in [4.78, 5) is 11.6. The first kappa shape index (κ1) is 13.4. The van der Waals surface area contributed by atoms with Crippen LogP contribution in [-0.4, -0.2) is 28.5 Å². The van der Waals surface area contributed by atoms with Gasteiger partial charge < -0.3 is 4.74 Å². The van der Waals surface area contributed by atoms with Gasteiger partial charge in [-0.15, -0.1) is 22.8 Å². The van der Waals surface area contributed by atoms with Gasteiger partial charge in [0.2, 0.25) is 0 Å². The number of rotatable bonds is 5. The van der Waals surface area contributed by atoms with Crippen molar-refractivity contribution in [1.29, 1.82) is 0 Å². The fourth-order valence-electron chi connectivity index (χ4n) is 1.18. The normalized spacial score (nSPS) is 10.3. The minimum atomic E-state index is -0.302. The van der Waals surface area contributed by atoms with Crippen LogP contribution in [0.2, 0.25) is 0 Å². The van der Waals surface area contributed by atoms with Crippen LogP contribution in [-0.2, 0) is 4.74 Å². The second kappa shape index (κ2) is 6.77. The second-order valence-electron chi connectivity index (χ2n) is 3.20. The first-order valence-corrected chi connectivity index (χ1v) is 7.38. The Balaban J connectivity index is 1.71. The molecule has 2 rings (SSSR count). The van der Waals surface area contributed by atoms with Crippen molar-refractivity contribution in [2.24, 2.45) is 0 Å². The van der Waals surface area contributed by atoms with E-state index in [9.17, 15) is 4.79 Å². The first-order chi connectivity index (χ1) is 8.75. The second-order valence-corrected chi connectivity index (χ2v) is 6.25. The van der Waals surface area contributed by atoms with E-state index in [4.69, 9.17) is 4.74 Å². The van der Waals surface area contributed by atoms with Crippen molar-refractivity contribution in [3.05, 3.63) is 35.9 Å². The van der Waals surface area contributed by atoms with E-state index in [-0.39, 0.29) is 5.97 Å². The standard InChI is InChI=1S/C11H10N2O2S3/c14-9(8-4-2-1-3-5-8)15-6-7-17-11-13-12-10(16)18-11/h1-5H,6-7H2,(H,12,16). The summed E-state index contributed by atoms with van der Waals surface area (Å²) in [5, 5.41) is 7.69. The van der Waals surface area contributed by atoms with Crippen LogP contribution in [0.5, 0.6) is 0 Å². The van der Waals surface area contributed by atoms with Crippen molar-refractivity contribution in [1.82, 2.24) is 10.2 Å². The van der Waals surface area contributed by atoms with Crippen LogP contribution in [0.15, 0.2) is 39.0 Å². The number of thiol groups is 1. The molecular formula is C11H10N2O2S3. The van der Waals surface area contributed by atoms with Crippen molar-refractivity contribution in [2.75, 3.05) is 12.4 Å². The Labute approximate surface area is 118 Å². The molecule has 0 fully saturated rings. The third-order valence-electron chi connectivity index (χ3n) is 1.95. The number of carbonyl (C=O) groups is 1. The molecule has 0 saturated carbocycles. The third-order valence-corrected chi connectivity index (χ3v) is 4.13. The van der Waals surface area contributed by atoms with Gasteiger partial charge in [0.25, 0.3) is 0 Å². The number of carbonyl (C=O) groups excluding carboxylic acids is 1. The minimum absolute atomic E-state index is 0.302. The summed E-state index contributed by atoms with van der Waals surface area (Å²) in [5.74, 6) is 0.351. The average Bonchev–Trinajstić information content (AvgIpc) is 2.81. The quantitative estimate of drug-likeness (QED) is 0.398. The molecule has 18 heavy (non-hydrogen) atoms. The van der Waals surface area contributed by atoms with E-state index >= 15 is 0 Å². The van der Waals surface area contributed by atoms with Gasteiger partial charge >= 0.3 is 5.97 Å². The molecule has 0 N–H and O–H groups in total. The molecule has 7 heteroatoms. The monoisotopic (exact) mass is 298 g/mol. The van der Waals surface area contributed by atoms with Gasteiger partial charge in [0.1, 0.15) is 6.61 Å². The summed E-state index contributed by atoms with van der Waals surface area (Å²) in [5.41, 5.74) is 0.566. The SMILES string of the molecule is O=C(OCCSc1nnc(S)s1)c1ccccc1. The lowest BCUT2D eigenvalue weighted by molar-refractivity contribution is 0.0530. The number of esters is 1. The van der Waals surface area contributed by atoms with Crippen LogP contribution in [0.25, 0.3) is 0 Å². The van der Waals surface area contributed by atoms with Crippen molar-refractivity contribution in [3.8, 4) is 0 Å². The van der Waals surface area contributed by atoms with Crippen molar-refractivity contribution >= 4 is 41.7 Å². The van der Waals surface area contributed by atoms with E-state index in [0.29, 0.717) is 22.3 Å². The number of ether oxygens (including phenoxy) is 1. The summed E-state index contributed by atoms with van der Waals surface area (Å²) in [7, 11) is 0. The first-order valence-electron chi connectivity index (χ1n) is 5.13. The average molecular weight is 298 g/mol. The van der Waals surface area contributed by atoms with E-state index in [1.54, 1.807) is 24.3 Å². The van der Waals surface area contributed by atoms with E-state index < -0.39 is 0 Å². The third kappa shape index (κ3) is 4.01. The molecule has 94 valence electrons. The molecule has 0 aliphatic heterocycles. The van der Waals surface area contributed by atoms with Crippen LogP contribution in [0.1, 0.15) is 10.4 Å². The molecule has 1 aromatic heterocycles. The van der Waals surface area contributed by atoms with Gasteiger partial charge in [0.05, 0.1) is 5.56 Å². The van der Waals surface area contributed by atoms with Gasteiger partial charge in [-0.05, 0) is 12.1 Å². The Hall–Kier alpha value is -1.05. The molecule has 1 aromatic carbocycles. The molecule has 0 unspecified atom stereocenters. The van der Waals surface area contributed by atoms with E-state index in [1.807, 2.05) is 6.07 Å². The predicted octanol–water partition coefficient (Wildman–Crippen LogP) is 2.78. The minimum Gasteiger partial charge on any atom is -0.461 e. The summed E-state index contributed by atoms with van der Waals surface area (Å²) in [6, 6.07) is 8.93. The van der Waals surface area contributed by atoms with Gasteiger partial charge in [-0.2, -0.15) is 0 Å². The van der Waals surface area contributed by atoms with Crippen LogP contribution in [0.4, 0.5) is 0 Å². The number of nitrogens with zero attached hydrogens (tertiary/aromatic N) is 2. The summed E-state index contributed by atoms with van der Waals surface area (Å²) in [6.45, 7) is 0.347. The van der Waals surface area contributed by atoms with Crippen molar-refractivity contribution in [2.45, 2.75) is 8.68 Å². The topological polar surface area (TPSA) is 52.1 Å². The number of thioether (sulfide) groups is 1. The van der Waals surface area contributed by atoms with Crippen molar-refractivity contribution < 1.29 is 9.53 Å². The van der Waals surface area contributed by atoms with Crippen LogP contribution >= 0.6 is 35.7 Å². The Bertz CT molecular complexity index is 516. The lowest BCUT2D eigenvalue weighted by atomic mass is 10.2. The lowest BCUT2D eigenvalue weighted by Gasteiger charge is -2.03. The van der Waals surface area contributed by atoms with Gasteiger partial charge in [-0.25, -0.2) is 4.79 Å². The number of benzene rings is 1. The smallest absolute Gasteiger partial charge is 0.338 e. The maximum Gasteiger partial charge on any atom is 0.338 e. The van der Waals surface area contributed by atoms with Gasteiger partial charge in [-0.1, -0.05) is 41.3 Å². The molecule has 0 aliphatic carbocycles. The van der Waals surface area contributed by atoms with Crippen LogP contribution in [0, 0.1) is 0 Å². The zero-order valence-electron chi connectivity index (χ0n) is 9.28. The Morgan fingerprint density at radius 2 is 2.11 bits per heavy atom. The van der Waals surface area contributed by atoms with E-state index in [2.05, 4.69) is 22.8 Å². The molecule has 0 spiro atoms. The fraction of sp³-hybridized carbons (Fsp3) is 0.182. The molecule has 0 bridgehead atoms. The lowest BCUT2D eigenvalue weighted by Crippen LogP contribution is -2.07. The Morgan fingerprint density at radius 3 is 2.78 bits per heavy atom. The molecule has 0 saturated heterocycles.